The molecule has 1 saturated heterocycles. The monoisotopic (exact) mass is 487 g/mol. The van der Waals surface area contributed by atoms with Crippen LogP contribution in [0, 0.1) is 6.92 Å². The number of ether oxygens (including phenoxy) is 2. The number of amides is 1. The van der Waals surface area contributed by atoms with E-state index in [1.54, 1.807) is 29.2 Å². The topological polar surface area (TPSA) is 72.0 Å². The quantitative estimate of drug-likeness (QED) is 0.459. The van der Waals surface area contributed by atoms with Crippen LogP contribution in [-0.2, 0) is 9.47 Å². The van der Waals surface area contributed by atoms with E-state index in [4.69, 9.17) is 26.1 Å². The van der Waals surface area contributed by atoms with Crippen molar-refractivity contribution in [1.29, 1.82) is 0 Å². The lowest BCUT2D eigenvalue weighted by Crippen LogP contribution is -2.39. The first kappa shape index (κ1) is 23.6. The summed E-state index contributed by atoms with van der Waals surface area (Å²) in [4.78, 5) is 34.1. The number of rotatable bonds is 7. The fourth-order valence-electron chi connectivity index (χ4n) is 3.79. The molecule has 0 unspecified atom stereocenters. The fraction of sp³-hybridized carbons (Fsp3) is 0.375. The molecule has 1 fully saturated rings. The summed E-state index contributed by atoms with van der Waals surface area (Å²) in [5.74, 6) is -0.592. The minimum absolute atomic E-state index is 0.156. The number of anilines is 1. The zero-order chi connectivity index (χ0) is 23.4. The molecule has 0 radical (unpaired) electrons. The van der Waals surface area contributed by atoms with Crippen LogP contribution in [0.1, 0.15) is 32.7 Å². The number of morpholine rings is 1. The van der Waals surface area contributed by atoms with Crippen molar-refractivity contribution in [3.05, 3.63) is 58.1 Å². The fourth-order valence-corrected chi connectivity index (χ4v) is 4.99. The maximum absolute atomic E-state index is 13.5. The Morgan fingerprint density at radius 1 is 1.15 bits per heavy atom. The van der Waals surface area contributed by atoms with Gasteiger partial charge in [-0.1, -0.05) is 22.9 Å². The summed E-state index contributed by atoms with van der Waals surface area (Å²) in [6.45, 7) is 6.64. The highest BCUT2D eigenvalue weighted by molar-refractivity contribution is 7.22. The molecule has 1 amide bonds. The molecule has 0 spiro atoms. The number of aromatic nitrogens is 1. The number of methoxy groups -OCH3 is 1. The average molecular weight is 488 g/mol. The first-order chi connectivity index (χ1) is 16.0. The number of benzene rings is 2. The van der Waals surface area contributed by atoms with Crippen LogP contribution in [0.25, 0.3) is 10.2 Å². The van der Waals surface area contributed by atoms with Gasteiger partial charge >= 0.3 is 5.97 Å². The van der Waals surface area contributed by atoms with E-state index in [-0.39, 0.29) is 5.91 Å². The molecule has 1 aromatic heterocycles. The number of esters is 1. The third kappa shape index (κ3) is 5.35. The van der Waals surface area contributed by atoms with Gasteiger partial charge in [-0.15, -0.1) is 0 Å². The summed E-state index contributed by atoms with van der Waals surface area (Å²) in [7, 11) is 1.33. The highest BCUT2D eigenvalue weighted by Crippen LogP contribution is 2.34. The van der Waals surface area contributed by atoms with Gasteiger partial charge in [0.15, 0.2) is 5.13 Å². The van der Waals surface area contributed by atoms with E-state index in [0.29, 0.717) is 27.8 Å². The van der Waals surface area contributed by atoms with Crippen molar-refractivity contribution in [3.63, 3.8) is 0 Å². The van der Waals surface area contributed by atoms with E-state index in [2.05, 4.69) is 4.90 Å². The van der Waals surface area contributed by atoms with E-state index < -0.39 is 5.97 Å². The smallest absolute Gasteiger partial charge is 0.337 e. The lowest BCUT2D eigenvalue weighted by atomic mass is 10.1. The Morgan fingerprint density at radius 2 is 1.85 bits per heavy atom. The summed E-state index contributed by atoms with van der Waals surface area (Å²) in [6.07, 6.45) is 0.807. The van der Waals surface area contributed by atoms with Gasteiger partial charge in [0.1, 0.15) is 0 Å². The minimum atomic E-state index is -0.435. The van der Waals surface area contributed by atoms with Gasteiger partial charge < -0.3 is 9.47 Å². The van der Waals surface area contributed by atoms with Crippen molar-refractivity contribution in [2.45, 2.75) is 13.3 Å². The van der Waals surface area contributed by atoms with Gasteiger partial charge in [0.2, 0.25) is 0 Å². The molecule has 4 rings (SSSR count). The van der Waals surface area contributed by atoms with Gasteiger partial charge in [-0.3, -0.25) is 14.6 Å². The number of carbonyl (C=O) groups excluding carboxylic acids is 2. The molecule has 3 aromatic rings. The second-order valence-electron chi connectivity index (χ2n) is 7.85. The zero-order valence-electron chi connectivity index (χ0n) is 18.7. The summed E-state index contributed by atoms with van der Waals surface area (Å²) < 4.78 is 11.2. The number of carbonyl (C=O) groups is 2. The SMILES string of the molecule is COC(=O)c1ccc(C(=O)N(CCCN2CCOCC2)c2nc3c(C)c(Cl)ccc3s2)cc1. The average Bonchev–Trinajstić information content (AvgIpc) is 3.29. The number of thiazole rings is 1. The number of halogens is 1. The molecule has 174 valence electrons. The van der Waals surface area contributed by atoms with Crippen molar-refractivity contribution in [2.24, 2.45) is 0 Å². The van der Waals surface area contributed by atoms with Crippen LogP contribution in [0.4, 0.5) is 5.13 Å². The first-order valence-corrected chi connectivity index (χ1v) is 12.0. The van der Waals surface area contributed by atoms with Crippen molar-refractivity contribution in [2.75, 3.05) is 51.4 Å². The molecule has 1 aliphatic heterocycles. The molecule has 0 atom stereocenters. The predicted octanol–water partition coefficient (Wildman–Crippen LogP) is 4.41. The largest absolute Gasteiger partial charge is 0.465 e. The molecule has 7 nitrogen and oxygen atoms in total. The Labute approximate surface area is 201 Å². The molecule has 0 aliphatic carbocycles. The van der Waals surface area contributed by atoms with E-state index >= 15 is 0 Å². The van der Waals surface area contributed by atoms with Gasteiger partial charge in [-0.05, 0) is 55.3 Å². The van der Waals surface area contributed by atoms with Crippen LogP contribution in [-0.4, -0.2) is 68.3 Å². The maximum Gasteiger partial charge on any atom is 0.337 e. The van der Waals surface area contributed by atoms with E-state index in [9.17, 15) is 9.59 Å². The van der Waals surface area contributed by atoms with Gasteiger partial charge in [-0.25, -0.2) is 9.78 Å². The number of aryl methyl sites for hydroxylation is 1. The summed E-state index contributed by atoms with van der Waals surface area (Å²) >= 11 is 7.76. The first-order valence-electron chi connectivity index (χ1n) is 10.8. The molecule has 0 saturated carbocycles. The van der Waals surface area contributed by atoms with Crippen molar-refractivity contribution >= 4 is 50.2 Å². The van der Waals surface area contributed by atoms with E-state index in [1.165, 1.54) is 18.4 Å². The molecular formula is C24H26ClN3O4S. The van der Waals surface area contributed by atoms with E-state index in [1.807, 2.05) is 19.1 Å². The second kappa shape index (κ2) is 10.6. The molecule has 2 heterocycles. The molecule has 0 bridgehead atoms. The van der Waals surface area contributed by atoms with Gasteiger partial charge in [-0.2, -0.15) is 0 Å². The Balaban J connectivity index is 1.59. The van der Waals surface area contributed by atoms with Crippen LogP contribution in [0.2, 0.25) is 5.02 Å². The Hall–Kier alpha value is -2.52. The molecule has 9 heteroatoms. The lowest BCUT2D eigenvalue weighted by Gasteiger charge is -2.27. The number of hydrogen-bond acceptors (Lipinski definition) is 7. The molecule has 2 aromatic carbocycles. The minimum Gasteiger partial charge on any atom is -0.465 e. The molecule has 1 aliphatic rings. The number of fused-ring (bicyclic) bond motifs is 1. The van der Waals surface area contributed by atoms with Crippen molar-refractivity contribution < 1.29 is 19.1 Å². The molecular weight excluding hydrogens is 462 g/mol. The summed E-state index contributed by atoms with van der Waals surface area (Å²) in [5.41, 5.74) is 2.61. The maximum atomic E-state index is 13.5. The lowest BCUT2D eigenvalue weighted by molar-refractivity contribution is 0.0376. The van der Waals surface area contributed by atoms with Gasteiger partial charge in [0.05, 0.1) is 36.1 Å². The van der Waals surface area contributed by atoms with Crippen LogP contribution >= 0.6 is 22.9 Å². The Bertz CT molecular complexity index is 1140. The number of nitrogens with zero attached hydrogens (tertiary/aromatic N) is 3. The molecule has 33 heavy (non-hydrogen) atoms. The number of hydrogen-bond donors (Lipinski definition) is 0. The zero-order valence-corrected chi connectivity index (χ0v) is 20.2. The van der Waals surface area contributed by atoms with Crippen LogP contribution in [0.5, 0.6) is 0 Å². The third-order valence-corrected chi connectivity index (χ3v) is 7.18. The summed E-state index contributed by atoms with van der Waals surface area (Å²) in [6, 6.07) is 10.3. The third-order valence-electron chi connectivity index (χ3n) is 5.73. The van der Waals surface area contributed by atoms with Crippen LogP contribution in [0.15, 0.2) is 36.4 Å². The highest BCUT2D eigenvalue weighted by Gasteiger charge is 2.23. The van der Waals surface area contributed by atoms with Crippen molar-refractivity contribution in [1.82, 2.24) is 9.88 Å². The Morgan fingerprint density at radius 3 is 2.55 bits per heavy atom. The van der Waals surface area contributed by atoms with Crippen LogP contribution < -0.4 is 4.90 Å². The van der Waals surface area contributed by atoms with Crippen LogP contribution in [0.3, 0.4) is 0 Å². The second-order valence-corrected chi connectivity index (χ2v) is 9.27. The van der Waals surface area contributed by atoms with Gasteiger partial charge in [0.25, 0.3) is 5.91 Å². The Kier molecular flexibility index (Phi) is 7.60. The van der Waals surface area contributed by atoms with Crippen molar-refractivity contribution in [3.8, 4) is 0 Å². The molecule has 0 N–H and O–H groups in total. The predicted molar refractivity (Wildman–Crippen MR) is 131 cm³/mol. The summed E-state index contributed by atoms with van der Waals surface area (Å²) in [5, 5.41) is 1.29. The standard InChI is InChI=1S/C24H26ClN3O4S/c1-16-19(25)8-9-20-21(16)26-24(33-20)28(11-3-10-27-12-14-32-15-13-27)22(29)17-4-6-18(7-5-17)23(30)31-2/h4-9H,3,10-15H2,1-2H3. The van der Waals surface area contributed by atoms with Gasteiger partial charge in [0, 0.05) is 36.8 Å². The highest BCUT2D eigenvalue weighted by atomic mass is 35.5. The normalized spacial score (nSPS) is 14.4. The van der Waals surface area contributed by atoms with E-state index in [0.717, 1.165) is 55.0 Å².